The lowest BCUT2D eigenvalue weighted by molar-refractivity contribution is -0.348. The van der Waals surface area contributed by atoms with Gasteiger partial charge in [-0.1, -0.05) is 24.6 Å². The van der Waals surface area contributed by atoms with Gasteiger partial charge in [0, 0.05) is 36.0 Å². The van der Waals surface area contributed by atoms with Gasteiger partial charge >= 0.3 is 18.0 Å². The maximum Gasteiger partial charge on any atom is 0.435 e. The summed E-state index contributed by atoms with van der Waals surface area (Å²) in [5.74, 6) is -2.86. The Hall–Kier alpha value is -3.26. The maximum atomic E-state index is 15.7. The summed E-state index contributed by atoms with van der Waals surface area (Å²) in [5.41, 5.74) is -8.82. The van der Waals surface area contributed by atoms with Gasteiger partial charge in [-0.25, -0.2) is 8.78 Å². The van der Waals surface area contributed by atoms with Gasteiger partial charge in [0.25, 0.3) is 11.8 Å². The number of hydrogen-bond acceptors (Lipinski definition) is 3. The molecule has 3 aromatic rings. The van der Waals surface area contributed by atoms with E-state index in [4.69, 9.17) is 11.6 Å². The van der Waals surface area contributed by atoms with Crippen LogP contribution in [-0.4, -0.2) is 42.7 Å². The molecule has 220 valence electrons. The van der Waals surface area contributed by atoms with E-state index in [0.717, 1.165) is 18.0 Å². The van der Waals surface area contributed by atoms with Crippen molar-refractivity contribution in [2.45, 2.75) is 31.4 Å². The van der Waals surface area contributed by atoms with Crippen molar-refractivity contribution in [3.63, 3.8) is 0 Å². The number of alkyl halides is 7. The van der Waals surface area contributed by atoms with E-state index in [1.165, 1.54) is 36.7 Å². The zero-order chi connectivity index (χ0) is 30.9. The van der Waals surface area contributed by atoms with E-state index in [2.05, 4.69) is 20.9 Å². The van der Waals surface area contributed by atoms with E-state index in [9.17, 15) is 40.3 Å². The van der Waals surface area contributed by atoms with Crippen LogP contribution in [-0.2, 0) is 5.67 Å². The highest BCUT2D eigenvalue weighted by atomic mass is 79.9. The van der Waals surface area contributed by atoms with Crippen molar-refractivity contribution < 1.29 is 44.7 Å². The number of benzene rings is 2. The molecule has 0 aliphatic carbocycles. The lowest BCUT2D eigenvalue weighted by Crippen LogP contribution is -2.50. The lowest BCUT2D eigenvalue weighted by Gasteiger charge is -2.31. The molecule has 0 saturated carbocycles. The molecule has 2 amide bonds. The highest BCUT2D eigenvalue weighted by Crippen LogP contribution is 2.54. The van der Waals surface area contributed by atoms with Crippen molar-refractivity contribution >= 4 is 50.7 Å². The number of nitrogens with zero attached hydrogens (tertiary/aromatic N) is 3. The van der Waals surface area contributed by atoms with Crippen molar-refractivity contribution in [1.82, 2.24) is 4.98 Å². The van der Waals surface area contributed by atoms with Crippen LogP contribution in [0.3, 0.4) is 0 Å². The third kappa shape index (κ3) is 6.03. The Bertz CT molecular complexity index is 1410. The van der Waals surface area contributed by atoms with Crippen molar-refractivity contribution in [3.05, 3.63) is 86.9 Å². The topological polar surface area (TPSA) is 53.5 Å². The number of anilines is 2. The second kappa shape index (κ2) is 11.9. The molecule has 1 aromatic heterocycles. The number of halogens is 10. The third-order valence-corrected chi connectivity index (χ3v) is 6.83. The van der Waals surface area contributed by atoms with Crippen LogP contribution >= 0.6 is 27.5 Å². The molecule has 1 heterocycles. The van der Waals surface area contributed by atoms with E-state index in [1.54, 1.807) is 6.92 Å². The highest BCUT2D eigenvalue weighted by Gasteiger charge is 2.73. The summed E-state index contributed by atoms with van der Waals surface area (Å²) >= 11 is 8.72. The molecule has 41 heavy (non-hydrogen) atoms. The second-order valence-electron chi connectivity index (χ2n) is 8.64. The van der Waals surface area contributed by atoms with Crippen molar-refractivity contribution in [1.29, 1.82) is 0 Å². The molecule has 0 bridgehead atoms. The Morgan fingerprint density at radius 1 is 0.976 bits per heavy atom. The summed E-state index contributed by atoms with van der Waals surface area (Å²) in [4.78, 5) is 32.0. The first kappa shape index (κ1) is 32.3. The number of amides is 2. The quantitative estimate of drug-likeness (QED) is 0.238. The van der Waals surface area contributed by atoms with Gasteiger partial charge in [-0.15, -0.1) is 0 Å². The van der Waals surface area contributed by atoms with Gasteiger partial charge in [0.05, 0.1) is 27.5 Å². The van der Waals surface area contributed by atoms with Crippen LogP contribution < -0.4 is 9.80 Å². The minimum Gasteiger partial charge on any atom is -0.309 e. The first-order valence-electron chi connectivity index (χ1n) is 11.6. The predicted octanol–water partition coefficient (Wildman–Crippen LogP) is 8.26. The Labute approximate surface area is 241 Å². The predicted molar refractivity (Wildman–Crippen MR) is 139 cm³/mol. The molecule has 0 spiro atoms. The second-order valence-corrected chi connectivity index (χ2v) is 9.91. The molecule has 0 aliphatic heterocycles. The van der Waals surface area contributed by atoms with Crippen LogP contribution in [0, 0.1) is 5.82 Å². The van der Waals surface area contributed by atoms with E-state index in [1.807, 2.05) is 0 Å². The molecule has 0 aliphatic rings. The summed E-state index contributed by atoms with van der Waals surface area (Å²) in [6.07, 6.45) is -9.66. The van der Waals surface area contributed by atoms with Gasteiger partial charge < -0.3 is 9.80 Å². The zero-order valence-corrected chi connectivity index (χ0v) is 23.4. The smallest absolute Gasteiger partial charge is 0.309 e. The molecular formula is C26H19BrClF8N3O2. The summed E-state index contributed by atoms with van der Waals surface area (Å²) in [6, 6.07) is 6.85. The SMILES string of the molecule is CCCN(C(=O)c1cccnc1)c1cccc(C(=O)N(C)c2c(Cl)cc(C(F)(C(F)(F)F)C(F)(F)F)cc2Br)c1F. The first-order valence-corrected chi connectivity index (χ1v) is 12.7. The van der Waals surface area contributed by atoms with E-state index in [0.29, 0.717) is 11.3 Å². The number of carbonyl (C=O) groups excluding carboxylic acids is 2. The van der Waals surface area contributed by atoms with Crippen LogP contribution in [0.15, 0.2) is 59.3 Å². The van der Waals surface area contributed by atoms with Crippen molar-refractivity contribution in [2.75, 3.05) is 23.4 Å². The van der Waals surface area contributed by atoms with Crippen LogP contribution in [0.1, 0.15) is 39.6 Å². The molecule has 0 fully saturated rings. The zero-order valence-electron chi connectivity index (χ0n) is 21.0. The standard InChI is InChI=1S/C26H19BrClF8N3O2/c1-3-10-39(22(40)14-6-5-9-37-13-14)19-8-4-7-16(20(19)29)23(41)38(2)21-17(27)11-15(12-18(21)28)24(30,25(31,32)33)26(34,35)36/h4-9,11-13H,3,10H2,1-2H3. The Kier molecular flexibility index (Phi) is 9.38. The number of carbonyl (C=O) groups is 2. The molecule has 5 nitrogen and oxygen atoms in total. The molecule has 0 unspecified atom stereocenters. The van der Waals surface area contributed by atoms with Gasteiger partial charge in [-0.2, -0.15) is 26.3 Å². The summed E-state index contributed by atoms with van der Waals surface area (Å²) < 4.78 is 109. The molecule has 2 aromatic carbocycles. The average molecular weight is 673 g/mol. The number of hydrogen-bond donors (Lipinski definition) is 0. The molecule has 0 saturated heterocycles. The van der Waals surface area contributed by atoms with Gasteiger partial charge in [-0.05, 0) is 58.7 Å². The molecule has 0 radical (unpaired) electrons. The van der Waals surface area contributed by atoms with E-state index < -0.39 is 62.0 Å². The van der Waals surface area contributed by atoms with Crippen LogP contribution in [0.5, 0.6) is 0 Å². The van der Waals surface area contributed by atoms with Crippen LogP contribution in [0.2, 0.25) is 5.02 Å². The fraction of sp³-hybridized carbons (Fsp3) is 0.269. The monoisotopic (exact) mass is 671 g/mol. The normalized spacial score (nSPS) is 12.3. The molecule has 3 rings (SSSR count). The minimum atomic E-state index is -6.39. The fourth-order valence-corrected chi connectivity index (χ4v) is 5.14. The van der Waals surface area contributed by atoms with Crippen LogP contribution in [0.4, 0.5) is 46.5 Å². The lowest BCUT2D eigenvalue weighted by atomic mass is 9.94. The average Bonchev–Trinajstić information content (AvgIpc) is 2.89. The largest absolute Gasteiger partial charge is 0.435 e. The molecular weight excluding hydrogens is 654 g/mol. The Morgan fingerprint density at radius 3 is 2.12 bits per heavy atom. The number of aromatic nitrogens is 1. The molecule has 0 atom stereocenters. The van der Waals surface area contributed by atoms with Gasteiger partial charge in [0.2, 0.25) is 0 Å². The Morgan fingerprint density at radius 2 is 1.61 bits per heavy atom. The summed E-state index contributed by atoms with van der Waals surface area (Å²) in [5, 5.41) is -0.864. The Balaban J connectivity index is 2.06. The summed E-state index contributed by atoms with van der Waals surface area (Å²) in [6.45, 7) is 1.79. The highest BCUT2D eigenvalue weighted by molar-refractivity contribution is 9.10. The minimum absolute atomic E-state index is 0.0559. The summed E-state index contributed by atoms with van der Waals surface area (Å²) in [7, 11) is 1.03. The van der Waals surface area contributed by atoms with E-state index >= 15 is 4.39 Å². The van der Waals surface area contributed by atoms with E-state index in [-0.39, 0.29) is 29.9 Å². The third-order valence-electron chi connectivity index (χ3n) is 5.94. The number of pyridine rings is 1. The number of rotatable bonds is 7. The van der Waals surface area contributed by atoms with Gasteiger partial charge in [0.15, 0.2) is 5.82 Å². The van der Waals surface area contributed by atoms with Crippen LogP contribution in [0.25, 0.3) is 0 Å². The molecule has 15 heteroatoms. The van der Waals surface area contributed by atoms with Crippen molar-refractivity contribution in [3.8, 4) is 0 Å². The maximum absolute atomic E-state index is 15.7. The first-order chi connectivity index (χ1) is 19.0. The van der Waals surface area contributed by atoms with Gasteiger partial charge in [0.1, 0.15) is 0 Å². The van der Waals surface area contributed by atoms with Gasteiger partial charge in [-0.3, -0.25) is 14.6 Å². The van der Waals surface area contributed by atoms with Crippen molar-refractivity contribution in [2.24, 2.45) is 0 Å². The fourth-order valence-electron chi connectivity index (χ4n) is 3.95. The molecule has 0 N–H and O–H groups in total.